The first kappa shape index (κ1) is 27.6. The summed E-state index contributed by atoms with van der Waals surface area (Å²) in [5, 5.41) is 20.9. The molecule has 0 radical (unpaired) electrons. The number of aromatic hydroxyl groups is 1. The minimum atomic E-state index is -4.59. The summed E-state index contributed by atoms with van der Waals surface area (Å²) >= 11 is 7.20. The highest BCUT2D eigenvalue weighted by Gasteiger charge is 2.34. The fraction of sp³-hybridized carbons (Fsp3) is 0.370. The van der Waals surface area contributed by atoms with Crippen molar-refractivity contribution in [2.24, 2.45) is 10.2 Å². The molecule has 7 nitrogen and oxygen atoms in total. The Morgan fingerprint density at radius 3 is 2.67 bits per heavy atom. The number of fused-ring (bicyclic) bond motifs is 1. The molecule has 0 unspecified atom stereocenters. The van der Waals surface area contributed by atoms with Crippen LogP contribution in [-0.4, -0.2) is 67.1 Å². The van der Waals surface area contributed by atoms with Gasteiger partial charge in [0.2, 0.25) is 5.88 Å². The average Bonchev–Trinajstić information content (AvgIpc) is 3.54. The summed E-state index contributed by atoms with van der Waals surface area (Å²) in [6.45, 7) is 7.29. The van der Waals surface area contributed by atoms with Crippen molar-refractivity contribution in [3.05, 3.63) is 73.6 Å². The van der Waals surface area contributed by atoms with Gasteiger partial charge in [-0.25, -0.2) is 0 Å². The number of aromatic nitrogens is 1. The first-order valence-electron chi connectivity index (χ1n) is 12.6. The molecule has 2 aliphatic rings. The predicted octanol–water partition coefficient (Wildman–Crippen LogP) is 4.09. The molecule has 0 saturated carbocycles. The Hall–Kier alpha value is -2.99. The van der Waals surface area contributed by atoms with E-state index in [0.717, 1.165) is 44.4 Å². The van der Waals surface area contributed by atoms with Crippen LogP contribution in [-0.2, 0) is 17.3 Å². The van der Waals surface area contributed by atoms with Crippen molar-refractivity contribution in [3.8, 4) is 5.88 Å². The van der Waals surface area contributed by atoms with Gasteiger partial charge in [-0.15, -0.1) is 0 Å². The van der Waals surface area contributed by atoms with Gasteiger partial charge in [0.25, 0.3) is 0 Å². The number of nitrogens with zero attached hydrogens (tertiary/aromatic N) is 5. The first-order chi connectivity index (χ1) is 18.7. The summed E-state index contributed by atoms with van der Waals surface area (Å²) < 4.78 is 47.3. The van der Waals surface area contributed by atoms with Crippen LogP contribution in [0.2, 0.25) is 5.02 Å². The summed E-state index contributed by atoms with van der Waals surface area (Å²) in [6, 6.07) is 9.14. The van der Waals surface area contributed by atoms with Gasteiger partial charge in [0.15, 0.2) is 5.13 Å². The van der Waals surface area contributed by atoms with Gasteiger partial charge in [-0.1, -0.05) is 35.1 Å². The third-order valence-corrected chi connectivity index (χ3v) is 8.15. The number of rotatable bonds is 8. The van der Waals surface area contributed by atoms with E-state index in [4.69, 9.17) is 16.3 Å². The van der Waals surface area contributed by atoms with E-state index in [1.807, 2.05) is 13.0 Å². The van der Waals surface area contributed by atoms with Crippen molar-refractivity contribution in [2.75, 3.05) is 50.8 Å². The molecule has 0 spiro atoms. The van der Waals surface area contributed by atoms with Gasteiger partial charge in [-0.3, -0.25) is 4.90 Å². The quantitative estimate of drug-likeness (QED) is 0.408. The molecule has 0 atom stereocenters. The fourth-order valence-corrected chi connectivity index (χ4v) is 5.94. The van der Waals surface area contributed by atoms with Gasteiger partial charge < -0.3 is 14.7 Å². The highest BCUT2D eigenvalue weighted by Crippen LogP contribution is 2.39. The lowest BCUT2D eigenvalue weighted by molar-refractivity contribution is -0.138. The molecule has 2 aromatic carbocycles. The number of hydrogen-bond donors (Lipinski definition) is 1. The van der Waals surface area contributed by atoms with Crippen LogP contribution in [0.1, 0.15) is 28.5 Å². The van der Waals surface area contributed by atoms with E-state index in [0.29, 0.717) is 39.4 Å². The van der Waals surface area contributed by atoms with Gasteiger partial charge in [-0.05, 0) is 47.5 Å². The van der Waals surface area contributed by atoms with Crippen molar-refractivity contribution in [3.63, 3.8) is 0 Å². The Morgan fingerprint density at radius 1 is 1.13 bits per heavy atom. The average molecular weight is 578 g/mol. The zero-order valence-corrected chi connectivity index (χ0v) is 22.8. The summed E-state index contributed by atoms with van der Waals surface area (Å²) in [7, 11) is 0. The summed E-state index contributed by atoms with van der Waals surface area (Å²) in [4.78, 5) is 9.27. The second-order valence-electron chi connectivity index (χ2n) is 9.25. The number of hydrogen-bond acceptors (Lipinski definition) is 8. The molecule has 3 heterocycles. The number of piperazine rings is 1. The summed E-state index contributed by atoms with van der Waals surface area (Å²) in [6.07, 6.45) is -3.07. The van der Waals surface area contributed by atoms with Crippen LogP contribution in [0.5, 0.6) is 5.88 Å². The maximum absolute atomic E-state index is 13.9. The van der Waals surface area contributed by atoms with Crippen molar-refractivity contribution >= 4 is 39.9 Å². The van der Waals surface area contributed by atoms with E-state index in [-0.39, 0.29) is 22.9 Å². The highest BCUT2D eigenvalue weighted by atomic mass is 35.5. The van der Waals surface area contributed by atoms with Crippen LogP contribution in [0.4, 0.5) is 18.3 Å². The van der Waals surface area contributed by atoms with Crippen LogP contribution in [0, 0.1) is 0 Å². The Bertz CT molecular complexity index is 1500. The van der Waals surface area contributed by atoms with E-state index in [1.54, 1.807) is 18.3 Å². The molecule has 39 heavy (non-hydrogen) atoms. The van der Waals surface area contributed by atoms with Crippen molar-refractivity contribution in [1.82, 2.24) is 9.88 Å². The highest BCUT2D eigenvalue weighted by molar-refractivity contribution is 7.17. The van der Waals surface area contributed by atoms with Crippen molar-refractivity contribution < 1.29 is 23.0 Å². The Balaban J connectivity index is 1.51. The lowest BCUT2D eigenvalue weighted by atomic mass is 9.96. The van der Waals surface area contributed by atoms with Crippen molar-refractivity contribution in [2.45, 2.75) is 19.5 Å². The topological polar surface area (TPSA) is 73.5 Å². The second kappa shape index (κ2) is 11.6. The minimum absolute atomic E-state index is 0.00583. The maximum atomic E-state index is 13.9. The SMILES string of the molecule is CCOCCN1CCN(c2nc(O)c(C(Cc3ccc(Cl)cc3C(F)(F)F)=c3ccc4c(c3)C=NN=4)s2)CC1. The molecular formula is C27H27ClF3N5O2S. The van der Waals surface area contributed by atoms with E-state index >= 15 is 0 Å². The van der Waals surface area contributed by atoms with Crippen LogP contribution in [0.25, 0.3) is 5.57 Å². The summed E-state index contributed by atoms with van der Waals surface area (Å²) in [5.74, 6) is -0.204. The zero-order chi connectivity index (χ0) is 27.6. The number of halogens is 4. The molecule has 0 bridgehead atoms. The summed E-state index contributed by atoms with van der Waals surface area (Å²) in [5.41, 5.74) is 0.530. The minimum Gasteiger partial charge on any atom is -0.492 e. The zero-order valence-electron chi connectivity index (χ0n) is 21.2. The van der Waals surface area contributed by atoms with E-state index < -0.39 is 11.7 Å². The van der Waals surface area contributed by atoms with E-state index in [1.165, 1.54) is 23.5 Å². The number of anilines is 1. The molecule has 0 amide bonds. The smallest absolute Gasteiger partial charge is 0.416 e. The van der Waals surface area contributed by atoms with Crippen LogP contribution in [0.3, 0.4) is 0 Å². The molecular weight excluding hydrogens is 551 g/mol. The third-order valence-electron chi connectivity index (χ3n) is 6.75. The van der Waals surface area contributed by atoms with Crippen LogP contribution >= 0.6 is 22.9 Å². The fourth-order valence-electron chi connectivity index (χ4n) is 4.69. The number of benzene rings is 2. The lowest BCUT2D eigenvalue weighted by Gasteiger charge is -2.34. The van der Waals surface area contributed by atoms with Crippen molar-refractivity contribution in [1.29, 1.82) is 0 Å². The monoisotopic (exact) mass is 577 g/mol. The van der Waals surface area contributed by atoms with Crippen LogP contribution < -0.4 is 15.5 Å². The lowest BCUT2D eigenvalue weighted by Crippen LogP contribution is -2.47. The molecule has 3 aromatic rings. The van der Waals surface area contributed by atoms with E-state index in [9.17, 15) is 18.3 Å². The van der Waals surface area contributed by atoms with Gasteiger partial charge in [-0.2, -0.15) is 28.4 Å². The first-order valence-corrected chi connectivity index (χ1v) is 13.8. The molecule has 1 saturated heterocycles. The molecule has 12 heteroatoms. The van der Waals surface area contributed by atoms with Crippen LogP contribution in [0.15, 0.2) is 46.6 Å². The third kappa shape index (κ3) is 6.27. The van der Waals surface area contributed by atoms with Gasteiger partial charge in [0.05, 0.1) is 28.6 Å². The van der Waals surface area contributed by atoms with Gasteiger partial charge in [0, 0.05) is 56.3 Å². The Morgan fingerprint density at radius 2 is 1.92 bits per heavy atom. The standard InChI is InChI=1S/C27H27ClF3N5O2S/c1-2-38-12-11-35-7-9-36(10-8-35)26-33-25(37)24(39-26)21(17-4-6-23-19(13-17)16-32-34-23)14-18-3-5-20(28)15-22(18)27(29,30)31/h3-6,13,15-16,37H,2,7-12,14H2,1H3. The second-order valence-corrected chi connectivity index (χ2v) is 10.7. The van der Waals surface area contributed by atoms with Gasteiger partial charge in [0.1, 0.15) is 0 Å². The normalized spacial score (nSPS) is 16.4. The molecule has 0 aliphatic carbocycles. The molecule has 206 valence electrons. The van der Waals surface area contributed by atoms with E-state index in [2.05, 4.69) is 25.0 Å². The number of ether oxygens (including phenoxy) is 1. The number of alkyl halides is 3. The Kier molecular flexibility index (Phi) is 8.22. The predicted molar refractivity (Wildman–Crippen MR) is 146 cm³/mol. The Labute approximate surface area is 232 Å². The molecule has 5 rings (SSSR count). The molecule has 1 aromatic heterocycles. The largest absolute Gasteiger partial charge is 0.492 e. The number of thiazole rings is 1. The molecule has 1 fully saturated rings. The van der Waals surface area contributed by atoms with Gasteiger partial charge >= 0.3 is 6.18 Å². The maximum Gasteiger partial charge on any atom is 0.416 e. The molecule has 2 aliphatic heterocycles. The molecule has 1 N–H and O–H groups in total.